The highest BCUT2D eigenvalue weighted by Crippen LogP contribution is 2.58. The van der Waals surface area contributed by atoms with Crippen LogP contribution in [0.25, 0.3) is 0 Å². The Hall–Kier alpha value is -3.74. The van der Waals surface area contributed by atoms with Crippen LogP contribution in [0.15, 0.2) is 82.3 Å². The van der Waals surface area contributed by atoms with Crippen LogP contribution in [0.3, 0.4) is 0 Å². The summed E-state index contributed by atoms with van der Waals surface area (Å²) < 4.78 is 4.98. The standard InChI is InChI=1S/C21H17N3O4/c25-20(23-22-14-17-11-12-19(28-17)24(26)27)18-13-21(18,15-7-3-1-4-8-15)16-9-5-2-6-10-16/h1-12,14,18H,13H2,(H,23,25)/b22-14-/t18-/m1/s1. The number of hydrogen-bond acceptors (Lipinski definition) is 5. The molecule has 1 aliphatic carbocycles. The summed E-state index contributed by atoms with van der Waals surface area (Å²) in [5, 5.41) is 14.5. The quantitative estimate of drug-likeness (QED) is 0.404. The highest BCUT2D eigenvalue weighted by atomic mass is 16.6. The van der Waals surface area contributed by atoms with Crippen molar-refractivity contribution in [3.8, 4) is 0 Å². The van der Waals surface area contributed by atoms with Crippen molar-refractivity contribution in [3.05, 3.63) is 99.8 Å². The highest BCUT2D eigenvalue weighted by molar-refractivity contribution is 5.87. The first-order valence-corrected chi connectivity index (χ1v) is 8.79. The van der Waals surface area contributed by atoms with Crippen LogP contribution < -0.4 is 5.43 Å². The second-order valence-electron chi connectivity index (χ2n) is 6.63. The van der Waals surface area contributed by atoms with Crippen molar-refractivity contribution in [2.45, 2.75) is 11.8 Å². The highest BCUT2D eigenvalue weighted by Gasteiger charge is 2.60. The maximum Gasteiger partial charge on any atom is 0.433 e. The Morgan fingerprint density at radius 2 is 1.68 bits per heavy atom. The second-order valence-corrected chi connectivity index (χ2v) is 6.63. The average Bonchev–Trinajstić information content (AvgIpc) is 3.32. The molecular formula is C21H17N3O4. The van der Waals surface area contributed by atoms with Crippen LogP contribution in [-0.2, 0) is 10.2 Å². The van der Waals surface area contributed by atoms with Crippen LogP contribution >= 0.6 is 0 Å². The number of furan rings is 1. The zero-order valence-corrected chi connectivity index (χ0v) is 14.8. The van der Waals surface area contributed by atoms with Crippen LogP contribution in [0.5, 0.6) is 0 Å². The maximum atomic E-state index is 12.7. The molecule has 2 aromatic carbocycles. The van der Waals surface area contributed by atoms with Gasteiger partial charge in [-0.2, -0.15) is 5.10 Å². The van der Waals surface area contributed by atoms with E-state index >= 15 is 0 Å². The molecule has 7 nitrogen and oxygen atoms in total. The fraction of sp³-hybridized carbons (Fsp3) is 0.143. The summed E-state index contributed by atoms with van der Waals surface area (Å²) in [6, 6.07) is 22.6. The topological polar surface area (TPSA) is 97.7 Å². The van der Waals surface area contributed by atoms with E-state index in [0.717, 1.165) is 11.1 Å². The third kappa shape index (κ3) is 3.18. The van der Waals surface area contributed by atoms with Gasteiger partial charge in [0.25, 0.3) is 0 Å². The first-order chi connectivity index (χ1) is 13.6. The fourth-order valence-electron chi connectivity index (χ4n) is 3.60. The molecular weight excluding hydrogens is 358 g/mol. The Kier molecular flexibility index (Phi) is 4.49. The van der Waals surface area contributed by atoms with Gasteiger partial charge in [0.1, 0.15) is 4.92 Å². The predicted octanol–water partition coefficient (Wildman–Crippen LogP) is 3.64. The molecule has 140 valence electrons. The zero-order chi connectivity index (χ0) is 19.6. The number of nitrogens with one attached hydrogen (secondary N) is 1. The Balaban J connectivity index is 1.51. The number of amides is 1. The average molecular weight is 375 g/mol. The van der Waals surface area contributed by atoms with Crippen LogP contribution in [0.2, 0.25) is 0 Å². The molecule has 0 unspecified atom stereocenters. The van der Waals surface area contributed by atoms with E-state index in [-0.39, 0.29) is 28.9 Å². The number of nitrogens with zero attached hydrogens (tertiary/aromatic N) is 2. The molecule has 28 heavy (non-hydrogen) atoms. The van der Waals surface area contributed by atoms with Gasteiger partial charge in [-0.05, 0) is 23.6 Å². The summed E-state index contributed by atoms with van der Waals surface area (Å²) in [5.41, 5.74) is 4.34. The largest absolute Gasteiger partial charge is 0.433 e. The van der Waals surface area contributed by atoms with Gasteiger partial charge >= 0.3 is 5.88 Å². The first-order valence-electron chi connectivity index (χ1n) is 8.79. The van der Waals surface area contributed by atoms with Gasteiger partial charge in [0.2, 0.25) is 5.91 Å². The molecule has 1 aromatic heterocycles. The Bertz CT molecular complexity index is 989. The smallest absolute Gasteiger partial charge is 0.400 e. The first kappa shape index (κ1) is 17.7. The molecule has 1 N–H and O–H groups in total. The van der Waals surface area contributed by atoms with Crippen LogP contribution in [-0.4, -0.2) is 17.0 Å². The van der Waals surface area contributed by atoms with Crippen molar-refractivity contribution >= 4 is 18.0 Å². The van der Waals surface area contributed by atoms with E-state index in [4.69, 9.17) is 4.42 Å². The molecule has 1 saturated carbocycles. The van der Waals surface area contributed by atoms with Gasteiger partial charge in [-0.1, -0.05) is 60.7 Å². The number of benzene rings is 2. The summed E-state index contributed by atoms with van der Waals surface area (Å²) in [4.78, 5) is 22.7. The van der Waals surface area contributed by atoms with E-state index in [1.165, 1.54) is 18.3 Å². The van der Waals surface area contributed by atoms with Crippen molar-refractivity contribution in [2.24, 2.45) is 11.0 Å². The lowest BCUT2D eigenvalue weighted by Gasteiger charge is -2.18. The van der Waals surface area contributed by atoms with Crippen LogP contribution in [0, 0.1) is 16.0 Å². The molecule has 0 saturated heterocycles. The van der Waals surface area contributed by atoms with Gasteiger partial charge in [-0.3, -0.25) is 14.9 Å². The molecule has 1 amide bonds. The summed E-state index contributed by atoms with van der Waals surface area (Å²) in [5.74, 6) is -0.632. The number of carbonyl (C=O) groups is 1. The SMILES string of the molecule is O=C(N/N=C\c1ccc([N+](=O)[O-])o1)[C@H]1CC1(c1ccccc1)c1ccccc1. The number of rotatable bonds is 6. The molecule has 1 fully saturated rings. The Morgan fingerprint density at radius 3 is 2.21 bits per heavy atom. The van der Waals surface area contributed by atoms with Gasteiger partial charge in [-0.25, -0.2) is 5.43 Å². The summed E-state index contributed by atoms with van der Waals surface area (Å²) in [6.07, 6.45) is 1.94. The third-order valence-electron chi connectivity index (χ3n) is 5.01. The molecule has 7 heteroatoms. The summed E-state index contributed by atoms with van der Waals surface area (Å²) in [6.45, 7) is 0. The van der Waals surface area contributed by atoms with E-state index < -0.39 is 4.92 Å². The minimum atomic E-state index is -0.631. The monoisotopic (exact) mass is 375 g/mol. The number of nitro groups is 1. The van der Waals surface area contributed by atoms with Crippen molar-refractivity contribution in [1.82, 2.24) is 5.43 Å². The van der Waals surface area contributed by atoms with Gasteiger partial charge in [0.15, 0.2) is 5.76 Å². The normalized spacial score (nSPS) is 17.4. The Labute approximate surface area is 160 Å². The predicted molar refractivity (Wildman–Crippen MR) is 103 cm³/mol. The number of hydrazone groups is 1. The van der Waals surface area contributed by atoms with E-state index in [1.54, 1.807) is 0 Å². The van der Waals surface area contributed by atoms with Crippen molar-refractivity contribution in [3.63, 3.8) is 0 Å². The molecule has 1 atom stereocenters. The lowest BCUT2D eigenvalue weighted by molar-refractivity contribution is -0.402. The molecule has 0 spiro atoms. The van der Waals surface area contributed by atoms with Crippen molar-refractivity contribution in [2.75, 3.05) is 0 Å². The van der Waals surface area contributed by atoms with Crippen molar-refractivity contribution < 1.29 is 14.1 Å². The van der Waals surface area contributed by atoms with E-state index in [0.29, 0.717) is 6.42 Å². The lowest BCUT2D eigenvalue weighted by atomic mass is 9.85. The van der Waals surface area contributed by atoms with Crippen LogP contribution in [0.1, 0.15) is 23.3 Å². The summed E-state index contributed by atoms with van der Waals surface area (Å²) in [7, 11) is 0. The van der Waals surface area contributed by atoms with E-state index in [1.807, 2.05) is 60.7 Å². The molecule has 0 radical (unpaired) electrons. The fourth-order valence-corrected chi connectivity index (χ4v) is 3.60. The molecule has 1 heterocycles. The lowest BCUT2D eigenvalue weighted by Crippen LogP contribution is -2.25. The molecule has 3 aromatic rings. The third-order valence-corrected chi connectivity index (χ3v) is 5.01. The van der Waals surface area contributed by atoms with Gasteiger partial charge in [-0.15, -0.1) is 0 Å². The van der Waals surface area contributed by atoms with E-state index in [2.05, 4.69) is 10.5 Å². The number of carbonyl (C=O) groups excluding carboxylic acids is 1. The molecule has 0 bridgehead atoms. The van der Waals surface area contributed by atoms with E-state index in [9.17, 15) is 14.9 Å². The zero-order valence-electron chi connectivity index (χ0n) is 14.8. The number of hydrogen-bond donors (Lipinski definition) is 1. The Morgan fingerprint density at radius 1 is 1.07 bits per heavy atom. The minimum Gasteiger partial charge on any atom is -0.400 e. The van der Waals surface area contributed by atoms with Crippen molar-refractivity contribution in [1.29, 1.82) is 0 Å². The van der Waals surface area contributed by atoms with Gasteiger partial charge in [0.05, 0.1) is 18.2 Å². The maximum absolute atomic E-state index is 12.7. The van der Waals surface area contributed by atoms with Crippen LogP contribution in [0.4, 0.5) is 5.88 Å². The van der Waals surface area contributed by atoms with Gasteiger partial charge in [0, 0.05) is 5.41 Å². The summed E-state index contributed by atoms with van der Waals surface area (Å²) >= 11 is 0. The van der Waals surface area contributed by atoms with Gasteiger partial charge < -0.3 is 4.42 Å². The molecule has 0 aliphatic heterocycles. The molecule has 1 aliphatic rings. The minimum absolute atomic E-state index is 0.195. The second kappa shape index (κ2) is 7.11. The molecule has 4 rings (SSSR count).